The molecule has 0 saturated carbocycles. The summed E-state index contributed by atoms with van der Waals surface area (Å²) in [5.74, 6) is 1.90. The highest BCUT2D eigenvalue weighted by Crippen LogP contribution is 2.20. The Labute approximate surface area is 143 Å². The van der Waals surface area contributed by atoms with Crippen LogP contribution in [0.3, 0.4) is 0 Å². The Hall–Kier alpha value is -1.12. The molecule has 0 spiro atoms. The van der Waals surface area contributed by atoms with Crippen molar-refractivity contribution >= 4 is 40.4 Å². The van der Waals surface area contributed by atoms with Crippen LogP contribution in [0.5, 0.6) is 0 Å². The lowest BCUT2D eigenvalue weighted by atomic mass is 10.4. The molecule has 0 atom stereocenters. The fourth-order valence-corrected chi connectivity index (χ4v) is 4.37. The molecule has 2 heterocycles. The van der Waals surface area contributed by atoms with Crippen molar-refractivity contribution in [3.05, 3.63) is 27.2 Å². The van der Waals surface area contributed by atoms with Gasteiger partial charge in [0.15, 0.2) is 5.96 Å². The van der Waals surface area contributed by atoms with Gasteiger partial charge in [-0.25, -0.2) is 9.97 Å². The molecule has 2 N–H and O–H groups in total. The first-order valence-corrected chi connectivity index (χ1v) is 9.77. The van der Waals surface area contributed by atoms with Gasteiger partial charge in [0, 0.05) is 35.8 Å². The van der Waals surface area contributed by atoms with Gasteiger partial charge >= 0.3 is 0 Å². The first-order valence-electron chi connectivity index (χ1n) is 7.08. The van der Waals surface area contributed by atoms with Crippen molar-refractivity contribution in [3.63, 3.8) is 0 Å². The fourth-order valence-electron chi connectivity index (χ4n) is 1.84. The number of aliphatic imine (C=N–C) groups is 1. The number of rotatable bonds is 7. The van der Waals surface area contributed by atoms with E-state index in [1.54, 1.807) is 41.5 Å². The lowest BCUT2D eigenvalue weighted by molar-refractivity contribution is 0.787. The number of thioether (sulfide) groups is 1. The van der Waals surface area contributed by atoms with Crippen LogP contribution in [0.25, 0.3) is 0 Å². The Morgan fingerprint density at radius 2 is 2.23 bits per heavy atom. The smallest absolute Gasteiger partial charge is 0.191 e. The number of hydrogen-bond donors (Lipinski definition) is 2. The molecule has 2 rings (SSSR count). The minimum absolute atomic E-state index is 0.769. The Kier molecular flexibility index (Phi) is 7.14. The van der Waals surface area contributed by atoms with Crippen molar-refractivity contribution < 1.29 is 0 Å². The summed E-state index contributed by atoms with van der Waals surface area (Å²) >= 11 is 5.23. The Morgan fingerprint density at radius 1 is 1.36 bits per heavy atom. The zero-order chi connectivity index (χ0) is 15.8. The van der Waals surface area contributed by atoms with E-state index in [1.165, 1.54) is 4.88 Å². The van der Waals surface area contributed by atoms with Gasteiger partial charge in [0.05, 0.1) is 17.2 Å². The molecule has 0 aliphatic rings. The Balaban J connectivity index is 1.64. The molecule has 2 aromatic heterocycles. The second kappa shape index (κ2) is 9.12. The third kappa shape index (κ3) is 5.58. The number of thiazole rings is 2. The maximum absolute atomic E-state index is 4.44. The molecule has 22 heavy (non-hydrogen) atoms. The SMILES string of the molecule is CN=C(NCCCSc1nccs1)NCc1sc(C)nc1C. The third-order valence-corrected chi connectivity index (χ3v) is 6.01. The molecular weight excluding hydrogens is 334 g/mol. The average molecular weight is 356 g/mol. The number of nitrogens with one attached hydrogen (secondary N) is 2. The predicted octanol–water partition coefficient (Wildman–Crippen LogP) is 3.06. The van der Waals surface area contributed by atoms with Crippen molar-refractivity contribution in [2.24, 2.45) is 4.99 Å². The summed E-state index contributed by atoms with van der Waals surface area (Å²) in [6.45, 7) is 5.75. The van der Waals surface area contributed by atoms with E-state index in [2.05, 4.69) is 25.6 Å². The van der Waals surface area contributed by atoms with Gasteiger partial charge in [0.25, 0.3) is 0 Å². The van der Waals surface area contributed by atoms with Crippen LogP contribution in [-0.4, -0.2) is 35.3 Å². The second-order valence-corrected chi connectivity index (χ2v) is 8.12. The summed E-state index contributed by atoms with van der Waals surface area (Å²) in [5, 5.41) is 9.79. The largest absolute Gasteiger partial charge is 0.356 e. The van der Waals surface area contributed by atoms with E-state index in [0.29, 0.717) is 0 Å². The molecule has 0 amide bonds. The van der Waals surface area contributed by atoms with E-state index in [1.807, 2.05) is 25.4 Å². The molecule has 0 radical (unpaired) electrons. The zero-order valence-electron chi connectivity index (χ0n) is 13.0. The van der Waals surface area contributed by atoms with E-state index in [4.69, 9.17) is 0 Å². The van der Waals surface area contributed by atoms with E-state index < -0.39 is 0 Å². The van der Waals surface area contributed by atoms with Crippen molar-refractivity contribution in [2.45, 2.75) is 31.2 Å². The summed E-state index contributed by atoms with van der Waals surface area (Å²) in [6, 6.07) is 0. The number of guanidine groups is 1. The van der Waals surface area contributed by atoms with E-state index in [0.717, 1.165) is 46.3 Å². The van der Waals surface area contributed by atoms with Crippen LogP contribution in [0.2, 0.25) is 0 Å². The molecule has 8 heteroatoms. The maximum atomic E-state index is 4.44. The van der Waals surface area contributed by atoms with Gasteiger partial charge in [-0.05, 0) is 20.3 Å². The maximum Gasteiger partial charge on any atom is 0.191 e. The molecule has 0 aliphatic carbocycles. The minimum atomic E-state index is 0.769. The molecule has 0 aromatic carbocycles. The van der Waals surface area contributed by atoms with Gasteiger partial charge in [0.1, 0.15) is 4.34 Å². The monoisotopic (exact) mass is 355 g/mol. The van der Waals surface area contributed by atoms with Gasteiger partial charge in [-0.1, -0.05) is 11.8 Å². The first-order chi connectivity index (χ1) is 10.7. The van der Waals surface area contributed by atoms with E-state index in [9.17, 15) is 0 Å². The third-order valence-electron chi connectivity index (χ3n) is 2.89. The lowest BCUT2D eigenvalue weighted by Crippen LogP contribution is -2.37. The highest BCUT2D eigenvalue weighted by Gasteiger charge is 2.05. The second-order valence-electron chi connectivity index (χ2n) is 4.59. The van der Waals surface area contributed by atoms with Crippen molar-refractivity contribution in [3.8, 4) is 0 Å². The van der Waals surface area contributed by atoms with Crippen LogP contribution >= 0.6 is 34.4 Å². The van der Waals surface area contributed by atoms with Crippen LogP contribution in [0.1, 0.15) is 22.0 Å². The topological polar surface area (TPSA) is 62.2 Å². The number of nitrogens with zero attached hydrogens (tertiary/aromatic N) is 3. The van der Waals surface area contributed by atoms with Gasteiger partial charge in [-0.15, -0.1) is 22.7 Å². The molecule has 0 aliphatic heterocycles. The standard InChI is InChI=1S/C14H21N5S3/c1-10-12(22-11(2)19-10)9-18-13(15-3)16-5-4-7-20-14-17-6-8-21-14/h6,8H,4-5,7,9H2,1-3H3,(H2,15,16,18). The molecular formula is C14H21N5S3. The van der Waals surface area contributed by atoms with Crippen LogP contribution in [0.15, 0.2) is 20.9 Å². The highest BCUT2D eigenvalue weighted by molar-refractivity contribution is 8.00. The summed E-state index contributed by atoms with van der Waals surface area (Å²) in [5.41, 5.74) is 1.10. The molecule has 0 saturated heterocycles. The predicted molar refractivity (Wildman–Crippen MR) is 97.2 cm³/mol. The average Bonchev–Trinajstić information content (AvgIpc) is 3.11. The molecule has 2 aromatic rings. The van der Waals surface area contributed by atoms with Gasteiger partial charge < -0.3 is 10.6 Å². The number of hydrogen-bond acceptors (Lipinski definition) is 6. The Bertz CT molecular complexity index is 592. The summed E-state index contributed by atoms with van der Waals surface area (Å²) < 4.78 is 1.14. The molecule has 120 valence electrons. The van der Waals surface area contributed by atoms with Gasteiger partial charge in [-0.3, -0.25) is 4.99 Å². The van der Waals surface area contributed by atoms with Gasteiger partial charge in [0.2, 0.25) is 0 Å². The molecule has 0 bridgehead atoms. The summed E-state index contributed by atoms with van der Waals surface area (Å²) in [7, 11) is 1.80. The Morgan fingerprint density at radius 3 is 2.86 bits per heavy atom. The molecule has 0 fully saturated rings. The minimum Gasteiger partial charge on any atom is -0.356 e. The quantitative estimate of drug-likeness (QED) is 0.346. The fraction of sp³-hybridized carbons (Fsp3) is 0.500. The number of aromatic nitrogens is 2. The zero-order valence-corrected chi connectivity index (χ0v) is 15.5. The highest BCUT2D eigenvalue weighted by atomic mass is 32.2. The van der Waals surface area contributed by atoms with Crippen molar-refractivity contribution in [2.75, 3.05) is 19.3 Å². The van der Waals surface area contributed by atoms with Crippen LogP contribution in [0.4, 0.5) is 0 Å². The van der Waals surface area contributed by atoms with E-state index >= 15 is 0 Å². The lowest BCUT2D eigenvalue weighted by Gasteiger charge is -2.11. The molecule has 5 nitrogen and oxygen atoms in total. The van der Waals surface area contributed by atoms with Crippen molar-refractivity contribution in [1.29, 1.82) is 0 Å². The van der Waals surface area contributed by atoms with Crippen LogP contribution in [0, 0.1) is 13.8 Å². The van der Waals surface area contributed by atoms with Crippen LogP contribution in [-0.2, 0) is 6.54 Å². The van der Waals surface area contributed by atoms with Crippen molar-refractivity contribution in [1.82, 2.24) is 20.6 Å². The number of aryl methyl sites for hydroxylation is 2. The van der Waals surface area contributed by atoms with Crippen LogP contribution < -0.4 is 10.6 Å². The summed E-state index contributed by atoms with van der Waals surface area (Å²) in [6.07, 6.45) is 2.92. The van der Waals surface area contributed by atoms with Gasteiger partial charge in [-0.2, -0.15) is 0 Å². The molecule has 0 unspecified atom stereocenters. The first kappa shape index (κ1) is 17.2. The summed E-state index contributed by atoms with van der Waals surface area (Å²) in [4.78, 5) is 14.2. The van der Waals surface area contributed by atoms with E-state index in [-0.39, 0.29) is 0 Å². The normalized spacial score (nSPS) is 11.7.